The summed E-state index contributed by atoms with van der Waals surface area (Å²) in [7, 11) is -3.97. The second-order valence-electron chi connectivity index (χ2n) is 10.2. The van der Waals surface area contributed by atoms with Gasteiger partial charge in [0.1, 0.15) is 17.9 Å². The summed E-state index contributed by atoms with van der Waals surface area (Å²) in [6.07, 6.45) is 5.76. The summed E-state index contributed by atoms with van der Waals surface area (Å²) in [6, 6.07) is 12.6. The SMILES string of the molecule is CC(CCCCCC(=O)Cc1ccc(C[C@H](NC(=O)[C@@H]2CSC(C)N2S(=O)(=O)c2ccccc2)C(=O)O)cc1)=NC#N. The van der Waals surface area contributed by atoms with E-state index in [4.69, 9.17) is 5.26 Å². The zero-order valence-electron chi connectivity index (χ0n) is 23.7. The number of carboxylic acid groups (broad SMARTS) is 1. The van der Waals surface area contributed by atoms with Crippen LogP contribution in [0, 0.1) is 11.5 Å². The third-order valence-corrected chi connectivity index (χ3v) is 10.3. The van der Waals surface area contributed by atoms with Gasteiger partial charge in [-0.3, -0.25) is 9.59 Å². The van der Waals surface area contributed by atoms with E-state index in [9.17, 15) is 27.9 Å². The number of aliphatic imine (C=N–C) groups is 1. The fourth-order valence-electron chi connectivity index (χ4n) is 4.73. The molecule has 224 valence electrons. The summed E-state index contributed by atoms with van der Waals surface area (Å²) in [4.78, 5) is 41.4. The Labute approximate surface area is 251 Å². The molecular formula is C30H36N4O6S2. The lowest BCUT2D eigenvalue weighted by molar-refractivity contribution is -0.142. The van der Waals surface area contributed by atoms with E-state index >= 15 is 0 Å². The topological polar surface area (TPSA) is 157 Å². The molecule has 0 radical (unpaired) electrons. The van der Waals surface area contributed by atoms with Gasteiger partial charge in [-0.05, 0) is 56.4 Å². The van der Waals surface area contributed by atoms with E-state index in [-0.39, 0.29) is 29.3 Å². The second-order valence-corrected chi connectivity index (χ2v) is 13.4. The Kier molecular flexibility index (Phi) is 12.3. The quantitative estimate of drug-likeness (QED) is 0.174. The van der Waals surface area contributed by atoms with E-state index in [0.717, 1.165) is 41.3 Å². The van der Waals surface area contributed by atoms with Crippen LogP contribution in [0.3, 0.4) is 0 Å². The van der Waals surface area contributed by atoms with Crippen molar-refractivity contribution in [2.45, 2.75) is 81.1 Å². The number of sulfonamides is 1. The van der Waals surface area contributed by atoms with E-state index in [1.807, 2.05) is 6.92 Å². The molecule has 2 aromatic rings. The van der Waals surface area contributed by atoms with Crippen LogP contribution in [-0.4, -0.2) is 64.4 Å². The molecule has 0 aliphatic carbocycles. The average molecular weight is 613 g/mol. The van der Waals surface area contributed by atoms with Crippen LogP contribution in [0.25, 0.3) is 0 Å². The predicted octanol–water partition coefficient (Wildman–Crippen LogP) is 3.95. The summed E-state index contributed by atoms with van der Waals surface area (Å²) in [6.45, 7) is 3.52. The van der Waals surface area contributed by atoms with E-state index < -0.39 is 39.4 Å². The molecule has 1 amide bonds. The number of carbonyl (C=O) groups excluding carboxylic acids is 2. The Morgan fingerprint density at radius 1 is 1.07 bits per heavy atom. The van der Waals surface area contributed by atoms with Crippen molar-refractivity contribution in [3.05, 3.63) is 65.7 Å². The number of carboxylic acids is 1. The monoisotopic (exact) mass is 612 g/mol. The molecular weight excluding hydrogens is 576 g/mol. The van der Waals surface area contributed by atoms with Crippen LogP contribution in [0.2, 0.25) is 0 Å². The first-order chi connectivity index (χ1) is 20.0. The third kappa shape index (κ3) is 9.24. The van der Waals surface area contributed by atoms with Crippen molar-refractivity contribution in [3.63, 3.8) is 0 Å². The molecule has 0 bridgehead atoms. The Hall–Kier alpha value is -3.53. The number of nitriles is 1. The van der Waals surface area contributed by atoms with Gasteiger partial charge >= 0.3 is 5.97 Å². The van der Waals surface area contributed by atoms with Gasteiger partial charge < -0.3 is 10.4 Å². The molecule has 1 fully saturated rings. The van der Waals surface area contributed by atoms with Crippen LogP contribution in [0.5, 0.6) is 0 Å². The van der Waals surface area contributed by atoms with Gasteiger partial charge in [0, 0.05) is 30.7 Å². The van der Waals surface area contributed by atoms with Crippen LogP contribution in [0.4, 0.5) is 0 Å². The lowest BCUT2D eigenvalue weighted by atomic mass is 10.00. The first-order valence-corrected chi connectivity index (χ1v) is 16.3. The number of benzene rings is 2. The molecule has 1 unspecified atom stereocenters. The Balaban J connectivity index is 1.55. The number of amides is 1. The van der Waals surface area contributed by atoms with Crippen molar-refractivity contribution >= 4 is 45.2 Å². The number of hydrogen-bond acceptors (Lipinski definition) is 8. The highest BCUT2D eigenvalue weighted by molar-refractivity contribution is 8.01. The van der Waals surface area contributed by atoms with Gasteiger partial charge in [0.15, 0.2) is 0 Å². The number of Topliss-reactive ketones (excluding diaryl/α,β-unsaturated/α-hetero) is 1. The maximum absolute atomic E-state index is 13.3. The molecule has 0 aromatic heterocycles. The minimum Gasteiger partial charge on any atom is -0.480 e. The van der Waals surface area contributed by atoms with Crippen molar-refractivity contribution in [1.82, 2.24) is 9.62 Å². The van der Waals surface area contributed by atoms with E-state index in [0.29, 0.717) is 12.0 Å². The molecule has 1 aliphatic rings. The maximum Gasteiger partial charge on any atom is 0.326 e. The fourth-order valence-corrected chi connectivity index (χ4v) is 8.06. The number of hydrogen-bond donors (Lipinski definition) is 2. The number of ketones is 1. The van der Waals surface area contributed by atoms with Gasteiger partial charge in [-0.1, -0.05) is 48.9 Å². The molecule has 42 heavy (non-hydrogen) atoms. The largest absolute Gasteiger partial charge is 0.480 e. The summed E-state index contributed by atoms with van der Waals surface area (Å²) in [5, 5.41) is 20.4. The summed E-state index contributed by atoms with van der Waals surface area (Å²) < 4.78 is 27.7. The minimum atomic E-state index is -3.97. The normalized spacial score (nSPS) is 18.3. The van der Waals surface area contributed by atoms with Gasteiger partial charge in [-0.25, -0.2) is 13.2 Å². The smallest absolute Gasteiger partial charge is 0.326 e. The molecule has 0 spiro atoms. The molecule has 10 nitrogen and oxygen atoms in total. The fraction of sp³-hybridized carbons (Fsp3) is 0.433. The van der Waals surface area contributed by atoms with Gasteiger partial charge in [0.05, 0.1) is 10.3 Å². The molecule has 3 rings (SSSR count). The molecule has 1 aliphatic heterocycles. The third-order valence-electron chi connectivity index (χ3n) is 7.00. The zero-order valence-corrected chi connectivity index (χ0v) is 25.4. The highest BCUT2D eigenvalue weighted by atomic mass is 32.2. The van der Waals surface area contributed by atoms with Gasteiger partial charge in [0.25, 0.3) is 0 Å². The van der Waals surface area contributed by atoms with Gasteiger partial charge in [-0.15, -0.1) is 11.8 Å². The van der Waals surface area contributed by atoms with Crippen LogP contribution < -0.4 is 5.32 Å². The summed E-state index contributed by atoms with van der Waals surface area (Å²) in [5.41, 5.74) is 2.27. The Morgan fingerprint density at radius 3 is 2.36 bits per heavy atom. The summed E-state index contributed by atoms with van der Waals surface area (Å²) in [5.74, 6) is -1.57. The Bertz CT molecular complexity index is 1420. The number of thioether (sulfide) groups is 1. The minimum absolute atomic E-state index is 0.00464. The number of carbonyl (C=O) groups is 3. The van der Waals surface area contributed by atoms with Crippen LogP contribution >= 0.6 is 11.8 Å². The van der Waals surface area contributed by atoms with Gasteiger partial charge in [0.2, 0.25) is 22.1 Å². The number of rotatable bonds is 15. The highest BCUT2D eigenvalue weighted by Gasteiger charge is 2.45. The predicted molar refractivity (Wildman–Crippen MR) is 161 cm³/mol. The lowest BCUT2D eigenvalue weighted by Crippen LogP contribution is -2.53. The van der Waals surface area contributed by atoms with Crippen molar-refractivity contribution in [1.29, 1.82) is 5.26 Å². The van der Waals surface area contributed by atoms with Crippen molar-refractivity contribution in [3.8, 4) is 6.19 Å². The molecule has 3 atom stereocenters. The molecule has 0 saturated carbocycles. The van der Waals surface area contributed by atoms with Crippen molar-refractivity contribution in [2.24, 2.45) is 4.99 Å². The zero-order chi connectivity index (χ0) is 30.7. The van der Waals surface area contributed by atoms with E-state index in [2.05, 4.69) is 10.3 Å². The first kappa shape index (κ1) is 33.0. The first-order valence-electron chi connectivity index (χ1n) is 13.8. The number of nitrogens with zero attached hydrogens (tertiary/aromatic N) is 3. The number of aliphatic carboxylic acids is 1. The van der Waals surface area contributed by atoms with Crippen molar-refractivity contribution in [2.75, 3.05) is 5.75 Å². The van der Waals surface area contributed by atoms with E-state index in [1.54, 1.807) is 55.6 Å². The second kappa shape index (κ2) is 15.6. The molecule has 2 N–H and O–H groups in total. The molecule has 1 heterocycles. The standard InChI is InChI=1S/C30H36N4O6S2/c1-21(32-20-31)9-5-3-6-10-25(35)17-23-13-15-24(16-14-23)18-27(30(37)38)33-29(36)28-19-41-22(2)34(28)42(39,40)26-11-7-4-8-12-26/h4,7-8,11-16,22,27-28H,3,5-6,9-10,17-19H2,1-2H3,(H,33,36)(H,37,38)/t22?,27-,28-/m0/s1. The Morgan fingerprint density at radius 2 is 1.71 bits per heavy atom. The van der Waals surface area contributed by atoms with E-state index in [1.165, 1.54) is 23.9 Å². The van der Waals surface area contributed by atoms with Crippen LogP contribution in [0.15, 0.2) is 64.5 Å². The average Bonchev–Trinajstić information content (AvgIpc) is 3.36. The lowest BCUT2D eigenvalue weighted by Gasteiger charge is -2.27. The summed E-state index contributed by atoms with van der Waals surface area (Å²) >= 11 is 1.31. The van der Waals surface area contributed by atoms with Gasteiger partial charge in [-0.2, -0.15) is 14.6 Å². The van der Waals surface area contributed by atoms with Crippen LogP contribution in [0.1, 0.15) is 57.1 Å². The molecule has 12 heteroatoms. The van der Waals surface area contributed by atoms with Crippen LogP contribution in [-0.2, 0) is 37.2 Å². The number of unbranched alkanes of at least 4 members (excludes halogenated alkanes) is 2. The maximum atomic E-state index is 13.3. The van der Waals surface area contributed by atoms with Crippen molar-refractivity contribution < 1.29 is 27.9 Å². The molecule has 2 aromatic carbocycles. The highest BCUT2D eigenvalue weighted by Crippen LogP contribution is 2.34. The number of nitrogens with one attached hydrogen (secondary N) is 1. The molecule has 1 saturated heterocycles.